The molecular formula is C69H42N6. The first-order chi connectivity index (χ1) is 37.0. The first-order valence-corrected chi connectivity index (χ1v) is 25.7. The Labute approximate surface area is 431 Å². The van der Waals surface area contributed by atoms with Gasteiger partial charge >= 0.3 is 0 Å². The molecule has 0 amide bonds. The molecule has 0 radical (unpaired) electrons. The van der Waals surface area contributed by atoms with E-state index in [0.29, 0.717) is 5.82 Å². The molecule has 0 saturated heterocycles. The molecule has 3 heterocycles. The maximum absolute atomic E-state index is 5.69. The highest BCUT2D eigenvalue weighted by Crippen LogP contribution is 2.47. The van der Waals surface area contributed by atoms with Gasteiger partial charge in [-0.2, -0.15) is 0 Å². The van der Waals surface area contributed by atoms with Gasteiger partial charge in [-0.1, -0.05) is 170 Å². The lowest BCUT2D eigenvalue weighted by Gasteiger charge is -2.20. The molecular weight excluding hydrogens is 913 g/mol. The van der Waals surface area contributed by atoms with E-state index in [1.165, 1.54) is 75.8 Å². The Hall–Kier alpha value is -9.78. The minimum Gasteiger partial charge on any atom is -0.257 e. The van der Waals surface area contributed by atoms with Gasteiger partial charge in [-0.05, 0) is 137 Å². The Kier molecular flexibility index (Phi) is 8.98. The number of fused-ring (bicyclic) bond motifs is 3. The number of rotatable bonds is 6. The van der Waals surface area contributed by atoms with E-state index in [1.54, 1.807) is 0 Å². The van der Waals surface area contributed by atoms with Crippen LogP contribution in [0.4, 0.5) is 0 Å². The van der Waals surface area contributed by atoms with E-state index >= 15 is 0 Å². The highest BCUT2D eigenvalue weighted by atomic mass is 14.9. The lowest BCUT2D eigenvalue weighted by Crippen LogP contribution is -2.02. The summed E-state index contributed by atoms with van der Waals surface area (Å²) < 4.78 is 0. The van der Waals surface area contributed by atoms with Crippen LogP contribution >= 0.6 is 0 Å². The van der Waals surface area contributed by atoms with Gasteiger partial charge in [0.25, 0.3) is 0 Å². The number of hydrogen-bond donors (Lipinski definition) is 0. The molecule has 75 heavy (non-hydrogen) atoms. The molecule has 348 valence electrons. The van der Waals surface area contributed by atoms with Gasteiger partial charge in [-0.15, -0.1) is 0 Å². The van der Waals surface area contributed by atoms with Gasteiger partial charge < -0.3 is 0 Å². The summed E-state index contributed by atoms with van der Waals surface area (Å²) >= 11 is 0. The summed E-state index contributed by atoms with van der Waals surface area (Å²) in [6.07, 6.45) is 9.94. The van der Waals surface area contributed by atoms with Gasteiger partial charge in [-0.25, -0.2) is 19.9 Å². The molecule has 0 spiro atoms. The van der Waals surface area contributed by atoms with Gasteiger partial charge in [0.15, 0.2) is 5.82 Å². The van der Waals surface area contributed by atoms with Gasteiger partial charge in [0.1, 0.15) is 0 Å². The minimum absolute atomic E-state index is 0.635. The fourth-order valence-electron chi connectivity index (χ4n) is 12.2. The molecule has 6 heteroatoms. The van der Waals surface area contributed by atoms with Crippen LogP contribution in [0.15, 0.2) is 207 Å². The topological polar surface area (TPSA) is 77.3 Å². The maximum atomic E-state index is 5.69. The summed E-state index contributed by atoms with van der Waals surface area (Å²) in [6, 6.07) is 68.3. The number of nitrogens with zero attached hydrogens (tertiary/aromatic N) is 6. The number of para-hydroxylation sites is 2. The van der Waals surface area contributed by atoms with Gasteiger partial charge in [0, 0.05) is 33.2 Å². The van der Waals surface area contributed by atoms with Crippen molar-refractivity contribution >= 4 is 92.6 Å². The molecule has 16 rings (SSSR count). The molecule has 3 aromatic heterocycles. The van der Waals surface area contributed by atoms with Crippen molar-refractivity contribution in [1.82, 2.24) is 29.9 Å². The van der Waals surface area contributed by atoms with Crippen molar-refractivity contribution in [3.8, 4) is 67.4 Å². The van der Waals surface area contributed by atoms with Crippen LogP contribution in [0.5, 0.6) is 0 Å². The van der Waals surface area contributed by atoms with E-state index in [2.05, 4.69) is 183 Å². The number of aromatic nitrogens is 6. The predicted molar refractivity (Wildman–Crippen MR) is 310 cm³/mol. The third-order valence-electron chi connectivity index (χ3n) is 15.8. The number of aryl methyl sites for hydroxylation is 2. The SMILES string of the molecule is Cc1cc2ccc3cccc4ccc(c1-c1cc(-c5ccc6ccc7cccc8ccc5c6c78)c5nc(-c6ccc(-c7cnc8ccccc8n7)cc6)nc(-c6ccc(-c7cnc8c(n7)C=CCC8)cc6)c5c1)c2c34. The Balaban J connectivity index is 0.974. The quantitative estimate of drug-likeness (QED) is 0.155. The third-order valence-corrected chi connectivity index (χ3v) is 15.8. The second-order valence-corrected chi connectivity index (χ2v) is 20.1. The van der Waals surface area contributed by atoms with Crippen LogP contribution in [0.1, 0.15) is 23.4 Å². The molecule has 0 aliphatic heterocycles. The first-order valence-electron chi connectivity index (χ1n) is 25.7. The second-order valence-electron chi connectivity index (χ2n) is 20.1. The average Bonchev–Trinajstić information content (AvgIpc) is 3.48. The Morgan fingerprint density at radius 2 is 1.00 bits per heavy atom. The highest BCUT2D eigenvalue weighted by molar-refractivity contribution is 6.28. The molecule has 1 aliphatic carbocycles. The second kappa shape index (κ2) is 16.1. The van der Waals surface area contributed by atoms with Crippen LogP contribution in [0.25, 0.3) is 160 Å². The predicted octanol–water partition coefficient (Wildman–Crippen LogP) is 17.4. The molecule has 1 aliphatic rings. The Bertz CT molecular complexity index is 4850. The van der Waals surface area contributed by atoms with E-state index in [0.717, 1.165) is 102 Å². The molecule has 15 aromatic rings. The van der Waals surface area contributed by atoms with Crippen LogP contribution in [-0.4, -0.2) is 29.9 Å². The number of allylic oxidation sites excluding steroid dienone is 1. The van der Waals surface area contributed by atoms with E-state index in [-0.39, 0.29) is 0 Å². The lowest BCUT2D eigenvalue weighted by atomic mass is 9.84. The molecule has 0 bridgehead atoms. The fraction of sp³-hybridized carbons (Fsp3) is 0.0435. The summed E-state index contributed by atoms with van der Waals surface area (Å²) in [6.45, 7) is 2.26. The van der Waals surface area contributed by atoms with Crippen molar-refractivity contribution in [2.45, 2.75) is 19.8 Å². The smallest absolute Gasteiger partial charge is 0.160 e. The van der Waals surface area contributed by atoms with Crippen molar-refractivity contribution in [2.75, 3.05) is 0 Å². The van der Waals surface area contributed by atoms with Crippen molar-refractivity contribution in [1.29, 1.82) is 0 Å². The zero-order chi connectivity index (χ0) is 49.3. The van der Waals surface area contributed by atoms with Crippen LogP contribution in [0, 0.1) is 6.92 Å². The summed E-state index contributed by atoms with van der Waals surface area (Å²) in [5.74, 6) is 0.635. The molecule has 0 fully saturated rings. The van der Waals surface area contributed by atoms with Crippen LogP contribution in [0.2, 0.25) is 0 Å². The summed E-state index contributed by atoms with van der Waals surface area (Å²) in [7, 11) is 0. The molecule has 12 aromatic carbocycles. The van der Waals surface area contributed by atoms with Gasteiger partial charge in [0.2, 0.25) is 0 Å². The fourth-order valence-corrected chi connectivity index (χ4v) is 12.2. The van der Waals surface area contributed by atoms with E-state index in [1.807, 2.05) is 36.7 Å². The van der Waals surface area contributed by atoms with Crippen LogP contribution in [0.3, 0.4) is 0 Å². The minimum atomic E-state index is 0.635. The standard InChI is InChI=1S/C69H42N6/c1-39-34-49-27-22-43-9-7-11-45-30-33-53(66(49)64(43)45)62(39)50-35-54(51-31-28-46-21-20-42-8-6-10-44-29-32-52(51)65(46)63(42)44)68-55(36-50)67(47-23-16-40(17-24-47)60-37-70-56-12-2-4-14-58(56)72-60)74-69(75-68)48-25-18-41(19-26-48)61-38-71-57-13-3-5-15-59(57)73-61/h3-11,13-38H,2,12H2,1H3. The summed E-state index contributed by atoms with van der Waals surface area (Å²) in [5.41, 5.74) is 16.7. The van der Waals surface area contributed by atoms with E-state index in [4.69, 9.17) is 29.9 Å². The zero-order valence-electron chi connectivity index (χ0n) is 40.8. The van der Waals surface area contributed by atoms with Crippen LogP contribution in [-0.2, 0) is 6.42 Å². The zero-order valence-corrected chi connectivity index (χ0v) is 40.8. The Morgan fingerprint density at radius 3 is 1.75 bits per heavy atom. The monoisotopic (exact) mass is 954 g/mol. The average molecular weight is 955 g/mol. The lowest BCUT2D eigenvalue weighted by molar-refractivity contribution is 0.904. The van der Waals surface area contributed by atoms with Crippen molar-refractivity contribution in [3.05, 3.63) is 223 Å². The molecule has 0 N–H and O–H groups in total. The highest BCUT2D eigenvalue weighted by Gasteiger charge is 2.23. The Morgan fingerprint density at radius 1 is 0.400 bits per heavy atom. The molecule has 6 nitrogen and oxygen atoms in total. The summed E-state index contributed by atoms with van der Waals surface area (Å²) in [5, 5.41) is 15.9. The molecule has 0 atom stereocenters. The molecule has 0 unspecified atom stereocenters. The van der Waals surface area contributed by atoms with Crippen molar-refractivity contribution in [3.63, 3.8) is 0 Å². The number of hydrogen-bond acceptors (Lipinski definition) is 6. The van der Waals surface area contributed by atoms with Crippen LogP contribution < -0.4 is 0 Å². The normalized spacial score (nSPS) is 12.7. The largest absolute Gasteiger partial charge is 0.257 e. The van der Waals surface area contributed by atoms with E-state index in [9.17, 15) is 0 Å². The van der Waals surface area contributed by atoms with Gasteiger partial charge in [0.05, 0.1) is 57.4 Å². The maximum Gasteiger partial charge on any atom is 0.160 e. The third kappa shape index (κ3) is 6.52. The van der Waals surface area contributed by atoms with Gasteiger partial charge in [-0.3, -0.25) is 9.97 Å². The number of benzene rings is 12. The summed E-state index contributed by atoms with van der Waals surface area (Å²) in [4.78, 5) is 30.9. The first kappa shape index (κ1) is 41.8. The van der Waals surface area contributed by atoms with E-state index < -0.39 is 0 Å². The van der Waals surface area contributed by atoms with Crippen molar-refractivity contribution < 1.29 is 0 Å². The van der Waals surface area contributed by atoms with Crippen molar-refractivity contribution in [2.24, 2.45) is 0 Å². The molecule has 0 saturated carbocycles.